The quantitative estimate of drug-likeness (QED) is 0.370. The molecule has 134 valence electrons. The van der Waals surface area contributed by atoms with Gasteiger partial charge >= 0.3 is 0 Å². The average Bonchev–Trinajstić information content (AvgIpc) is 2.61. The van der Waals surface area contributed by atoms with Gasteiger partial charge in [-0.1, -0.05) is 0 Å². The normalized spacial score (nSPS) is 10.8. The molecule has 0 spiro atoms. The molecule has 2 rings (SSSR count). The van der Waals surface area contributed by atoms with Crippen LogP contribution in [0.25, 0.3) is 0 Å². The van der Waals surface area contributed by atoms with E-state index in [1.165, 1.54) is 21.3 Å². The third kappa shape index (κ3) is 3.59. The summed E-state index contributed by atoms with van der Waals surface area (Å²) < 4.78 is 68.9. The van der Waals surface area contributed by atoms with Crippen LogP contribution in [0.5, 0.6) is 17.2 Å². The molecular weight excluding hydrogens is 344 g/mol. The van der Waals surface area contributed by atoms with Crippen molar-refractivity contribution in [1.29, 1.82) is 0 Å². The second-order valence-corrected chi connectivity index (χ2v) is 4.64. The lowest BCUT2D eigenvalue weighted by Gasteiger charge is -2.13. The second-order valence-electron chi connectivity index (χ2n) is 4.64. The fourth-order valence-electron chi connectivity index (χ4n) is 2.06. The standard InChI is InChI=1S/C16H14F4N2O3/c1-23-11-5-4-8(15(24-2)16(11)25-3)7-21-22-14-12(19)9(17)6-10(18)13(14)20/h4-7,22H,1-3H3. The van der Waals surface area contributed by atoms with Crippen LogP contribution in [0.1, 0.15) is 5.56 Å². The van der Waals surface area contributed by atoms with Crippen LogP contribution in [0, 0.1) is 23.3 Å². The largest absolute Gasteiger partial charge is 0.493 e. The van der Waals surface area contributed by atoms with E-state index in [0.29, 0.717) is 11.3 Å². The average molecular weight is 358 g/mol. The Bertz CT molecular complexity index is 786. The predicted octanol–water partition coefficient (Wildman–Crippen LogP) is 3.71. The number of nitrogens with zero attached hydrogens (tertiary/aromatic N) is 1. The molecular formula is C16H14F4N2O3. The molecule has 0 fully saturated rings. The van der Waals surface area contributed by atoms with Crippen molar-refractivity contribution >= 4 is 11.9 Å². The number of methoxy groups -OCH3 is 3. The Morgan fingerprint density at radius 3 is 2.00 bits per heavy atom. The molecule has 0 saturated heterocycles. The van der Waals surface area contributed by atoms with Crippen LogP contribution < -0.4 is 19.6 Å². The number of anilines is 1. The van der Waals surface area contributed by atoms with Crippen molar-refractivity contribution in [3.05, 3.63) is 47.0 Å². The molecule has 0 atom stereocenters. The first-order chi connectivity index (χ1) is 11.9. The highest BCUT2D eigenvalue weighted by Crippen LogP contribution is 2.39. The van der Waals surface area contributed by atoms with Gasteiger partial charge in [0.2, 0.25) is 5.75 Å². The van der Waals surface area contributed by atoms with Gasteiger partial charge in [0, 0.05) is 11.6 Å². The molecule has 9 heteroatoms. The number of benzene rings is 2. The van der Waals surface area contributed by atoms with Crippen LogP contribution in [0.3, 0.4) is 0 Å². The monoisotopic (exact) mass is 358 g/mol. The molecule has 0 radical (unpaired) electrons. The Hall–Kier alpha value is -2.97. The maximum absolute atomic E-state index is 13.6. The predicted molar refractivity (Wildman–Crippen MR) is 83.6 cm³/mol. The van der Waals surface area contributed by atoms with Gasteiger partial charge in [-0.15, -0.1) is 0 Å². The third-order valence-corrected chi connectivity index (χ3v) is 3.23. The lowest BCUT2D eigenvalue weighted by molar-refractivity contribution is 0.324. The van der Waals surface area contributed by atoms with E-state index < -0.39 is 29.0 Å². The number of rotatable bonds is 6. The van der Waals surface area contributed by atoms with Gasteiger partial charge in [-0.2, -0.15) is 5.10 Å². The lowest BCUT2D eigenvalue weighted by Crippen LogP contribution is -2.03. The molecule has 0 aromatic heterocycles. The van der Waals surface area contributed by atoms with E-state index in [1.54, 1.807) is 12.1 Å². The highest BCUT2D eigenvalue weighted by molar-refractivity contribution is 5.86. The van der Waals surface area contributed by atoms with Crippen LogP contribution in [0.4, 0.5) is 23.2 Å². The summed E-state index contributed by atoms with van der Waals surface area (Å²) in [6.07, 6.45) is 1.14. The molecule has 25 heavy (non-hydrogen) atoms. The number of halogens is 4. The van der Waals surface area contributed by atoms with Gasteiger partial charge in [0.1, 0.15) is 5.69 Å². The fraction of sp³-hybridized carbons (Fsp3) is 0.188. The van der Waals surface area contributed by atoms with Gasteiger partial charge in [0.25, 0.3) is 0 Å². The Morgan fingerprint density at radius 1 is 0.880 bits per heavy atom. The van der Waals surface area contributed by atoms with E-state index in [0.717, 1.165) is 6.21 Å². The van der Waals surface area contributed by atoms with E-state index in [4.69, 9.17) is 14.2 Å². The van der Waals surface area contributed by atoms with E-state index in [9.17, 15) is 17.6 Å². The summed E-state index contributed by atoms with van der Waals surface area (Å²) >= 11 is 0. The Kier molecular flexibility index (Phi) is 5.68. The topological polar surface area (TPSA) is 52.1 Å². The maximum atomic E-state index is 13.6. The highest BCUT2D eigenvalue weighted by atomic mass is 19.2. The number of hydrazone groups is 1. The SMILES string of the molecule is COc1ccc(C=NNc2c(F)c(F)cc(F)c2F)c(OC)c1OC. The van der Waals surface area contributed by atoms with Crippen LogP contribution in [0.15, 0.2) is 23.3 Å². The van der Waals surface area contributed by atoms with Gasteiger partial charge in [0.05, 0.1) is 27.5 Å². The molecule has 5 nitrogen and oxygen atoms in total. The second kappa shape index (κ2) is 7.73. The molecule has 0 heterocycles. The first-order valence-corrected chi connectivity index (χ1v) is 6.85. The summed E-state index contributed by atoms with van der Waals surface area (Å²) in [5.41, 5.74) is 1.26. The Labute approximate surface area is 140 Å². The van der Waals surface area contributed by atoms with Crippen LogP contribution in [-0.4, -0.2) is 27.5 Å². The van der Waals surface area contributed by atoms with Gasteiger partial charge in [-0.05, 0) is 12.1 Å². The maximum Gasteiger partial charge on any atom is 0.203 e. The summed E-state index contributed by atoms with van der Waals surface area (Å²) in [4.78, 5) is 0. The van der Waals surface area contributed by atoms with Crippen LogP contribution in [-0.2, 0) is 0 Å². The van der Waals surface area contributed by atoms with E-state index in [-0.39, 0.29) is 17.6 Å². The molecule has 0 aliphatic heterocycles. The van der Waals surface area contributed by atoms with Gasteiger partial charge in [-0.3, -0.25) is 5.43 Å². The minimum absolute atomic E-state index is 0.108. The zero-order valence-electron chi connectivity index (χ0n) is 13.5. The molecule has 0 aliphatic carbocycles. The van der Waals surface area contributed by atoms with Crippen molar-refractivity contribution in [2.45, 2.75) is 0 Å². The van der Waals surface area contributed by atoms with Crippen molar-refractivity contribution < 1.29 is 31.8 Å². The molecule has 0 unspecified atom stereocenters. The molecule has 2 aromatic carbocycles. The smallest absolute Gasteiger partial charge is 0.203 e. The first kappa shape index (κ1) is 18.4. The number of hydrogen-bond acceptors (Lipinski definition) is 5. The summed E-state index contributed by atoms with van der Waals surface area (Å²) in [5, 5.41) is 3.59. The van der Waals surface area contributed by atoms with Crippen molar-refractivity contribution in [3.63, 3.8) is 0 Å². The fourth-order valence-corrected chi connectivity index (χ4v) is 2.06. The minimum atomic E-state index is -1.59. The summed E-state index contributed by atoms with van der Waals surface area (Å²) in [7, 11) is 4.22. The number of hydrogen-bond donors (Lipinski definition) is 1. The molecule has 0 saturated carbocycles. The van der Waals surface area contributed by atoms with E-state index >= 15 is 0 Å². The first-order valence-electron chi connectivity index (χ1n) is 6.85. The van der Waals surface area contributed by atoms with Gasteiger partial charge < -0.3 is 14.2 Å². The lowest BCUT2D eigenvalue weighted by atomic mass is 10.2. The molecule has 0 aliphatic rings. The zero-order chi connectivity index (χ0) is 18.6. The molecule has 0 bridgehead atoms. The van der Waals surface area contributed by atoms with Crippen LogP contribution in [0.2, 0.25) is 0 Å². The highest BCUT2D eigenvalue weighted by Gasteiger charge is 2.19. The van der Waals surface area contributed by atoms with Gasteiger partial charge in [-0.25, -0.2) is 17.6 Å². The van der Waals surface area contributed by atoms with E-state index in [1.807, 2.05) is 5.43 Å². The number of ether oxygens (including phenoxy) is 3. The third-order valence-electron chi connectivity index (χ3n) is 3.23. The molecule has 1 N–H and O–H groups in total. The minimum Gasteiger partial charge on any atom is -0.493 e. The van der Waals surface area contributed by atoms with Crippen molar-refractivity contribution in [2.75, 3.05) is 26.8 Å². The molecule has 2 aromatic rings. The van der Waals surface area contributed by atoms with Gasteiger partial charge in [0.15, 0.2) is 34.8 Å². The summed E-state index contributed by atoms with van der Waals surface area (Å²) in [6.45, 7) is 0. The van der Waals surface area contributed by atoms with Crippen molar-refractivity contribution in [3.8, 4) is 17.2 Å². The molecule has 0 amide bonds. The van der Waals surface area contributed by atoms with Crippen molar-refractivity contribution in [1.82, 2.24) is 0 Å². The number of nitrogens with one attached hydrogen (secondary N) is 1. The summed E-state index contributed by atoms with van der Waals surface area (Å²) in [5.74, 6) is -5.33. The Morgan fingerprint density at radius 2 is 1.48 bits per heavy atom. The summed E-state index contributed by atoms with van der Waals surface area (Å²) in [6, 6.07) is 3.22. The van der Waals surface area contributed by atoms with Crippen LogP contribution >= 0.6 is 0 Å². The zero-order valence-corrected chi connectivity index (χ0v) is 13.5. The van der Waals surface area contributed by atoms with Crippen molar-refractivity contribution in [2.24, 2.45) is 5.10 Å². The Balaban J connectivity index is 2.36. The van der Waals surface area contributed by atoms with E-state index in [2.05, 4.69) is 5.10 Å².